The number of allylic oxidation sites excluding steroid dienone is 1. The molecule has 0 aromatic heterocycles. The first-order valence-corrected chi connectivity index (χ1v) is 6.37. The first kappa shape index (κ1) is 19.3. The molecule has 0 unspecified atom stereocenters. The van der Waals surface area contributed by atoms with Crippen LogP contribution < -0.4 is 0 Å². The van der Waals surface area contributed by atoms with Gasteiger partial charge in [-0.25, -0.2) is 0 Å². The average molecular weight is 302 g/mol. The maximum atomic E-state index is 11.2. The van der Waals surface area contributed by atoms with E-state index in [0.717, 1.165) is 0 Å². The normalized spacial score (nSPS) is 14.5. The van der Waals surface area contributed by atoms with Crippen molar-refractivity contribution in [1.82, 2.24) is 0 Å². The molecule has 21 heavy (non-hydrogen) atoms. The molecule has 0 saturated heterocycles. The van der Waals surface area contributed by atoms with Crippen LogP contribution in [0.5, 0.6) is 0 Å². The van der Waals surface area contributed by atoms with E-state index in [2.05, 4.69) is 0 Å². The molecule has 0 radical (unpaired) electrons. The molecule has 0 bridgehead atoms. The summed E-state index contributed by atoms with van der Waals surface area (Å²) < 4.78 is 20.8. The average Bonchev–Trinajstić information content (AvgIpc) is 2.38. The number of esters is 2. The fraction of sp³-hybridized carbons (Fsp3) is 0.643. The Morgan fingerprint density at radius 1 is 1.19 bits per heavy atom. The molecule has 0 aliphatic heterocycles. The third kappa shape index (κ3) is 8.93. The molecule has 2 atom stereocenters. The monoisotopic (exact) mass is 302 g/mol. The zero-order valence-electron chi connectivity index (χ0n) is 13.0. The Hall–Kier alpha value is -1.73. The van der Waals surface area contributed by atoms with Gasteiger partial charge in [-0.2, -0.15) is 0 Å². The Kier molecular flexibility index (Phi) is 8.49. The molecular formula is C14H22O7. The lowest BCUT2D eigenvalue weighted by Crippen LogP contribution is -2.43. The lowest BCUT2D eigenvalue weighted by molar-refractivity contribution is -0.246. The molecule has 0 spiro atoms. The Morgan fingerprint density at radius 2 is 1.81 bits per heavy atom. The smallest absolute Gasteiger partial charge is 0.303 e. The van der Waals surface area contributed by atoms with Crippen molar-refractivity contribution in [2.45, 2.75) is 45.7 Å². The fourth-order valence-corrected chi connectivity index (χ4v) is 1.39. The Labute approximate surface area is 124 Å². The SMILES string of the molecule is COC(C)(C)O[C@H](COC(C)=O)[C@H](/C=C/C=O)OC(C)=O. The molecule has 0 rings (SSSR count). The minimum atomic E-state index is -0.988. The van der Waals surface area contributed by atoms with Crippen LogP contribution in [-0.4, -0.2) is 49.9 Å². The van der Waals surface area contributed by atoms with Gasteiger partial charge in [0.05, 0.1) is 0 Å². The second-order valence-electron chi connectivity index (χ2n) is 4.66. The van der Waals surface area contributed by atoms with Gasteiger partial charge < -0.3 is 18.9 Å². The van der Waals surface area contributed by atoms with E-state index >= 15 is 0 Å². The lowest BCUT2D eigenvalue weighted by atomic mass is 10.2. The van der Waals surface area contributed by atoms with Crippen LogP contribution in [0.15, 0.2) is 12.2 Å². The summed E-state index contributed by atoms with van der Waals surface area (Å²) >= 11 is 0. The van der Waals surface area contributed by atoms with Gasteiger partial charge in [0, 0.05) is 21.0 Å². The standard InChI is InChI=1S/C14H22O7/c1-10(16)19-9-13(21-14(3,4)18-5)12(7-6-8-15)20-11(2)17/h6-8,12-13H,9H2,1-5H3/b7-6+/t12-,13+/m0/s1. The van der Waals surface area contributed by atoms with E-state index < -0.39 is 29.9 Å². The first-order chi connectivity index (χ1) is 9.71. The van der Waals surface area contributed by atoms with Crippen molar-refractivity contribution in [3.05, 3.63) is 12.2 Å². The third-order valence-electron chi connectivity index (χ3n) is 2.43. The van der Waals surface area contributed by atoms with Crippen LogP contribution >= 0.6 is 0 Å². The van der Waals surface area contributed by atoms with Gasteiger partial charge in [0.25, 0.3) is 0 Å². The predicted octanol–water partition coefficient (Wildman–Crippen LogP) is 1.00. The minimum Gasteiger partial charge on any atom is -0.463 e. The van der Waals surface area contributed by atoms with E-state index in [4.69, 9.17) is 18.9 Å². The van der Waals surface area contributed by atoms with Gasteiger partial charge >= 0.3 is 11.9 Å². The molecule has 0 aliphatic carbocycles. The second kappa shape index (κ2) is 9.25. The van der Waals surface area contributed by atoms with Gasteiger partial charge in [-0.05, 0) is 26.0 Å². The number of hydrogen-bond donors (Lipinski definition) is 0. The van der Waals surface area contributed by atoms with Crippen LogP contribution in [0.2, 0.25) is 0 Å². The van der Waals surface area contributed by atoms with E-state index in [1.807, 2.05) is 0 Å². The van der Waals surface area contributed by atoms with E-state index in [0.29, 0.717) is 6.29 Å². The highest BCUT2D eigenvalue weighted by Crippen LogP contribution is 2.18. The molecule has 0 amide bonds. The molecule has 0 heterocycles. The maximum Gasteiger partial charge on any atom is 0.303 e. The van der Waals surface area contributed by atoms with Crippen LogP contribution in [0.25, 0.3) is 0 Å². The summed E-state index contributed by atoms with van der Waals surface area (Å²) in [7, 11) is 1.45. The van der Waals surface area contributed by atoms with Crippen molar-refractivity contribution < 1.29 is 33.3 Å². The molecule has 7 nitrogen and oxygen atoms in total. The van der Waals surface area contributed by atoms with E-state index in [1.54, 1.807) is 13.8 Å². The van der Waals surface area contributed by atoms with Gasteiger partial charge in [0.15, 0.2) is 5.79 Å². The quantitative estimate of drug-likeness (QED) is 0.272. The van der Waals surface area contributed by atoms with E-state index in [-0.39, 0.29) is 6.61 Å². The first-order valence-electron chi connectivity index (χ1n) is 6.37. The number of carbonyl (C=O) groups excluding carboxylic acids is 3. The topological polar surface area (TPSA) is 88.1 Å². The molecule has 120 valence electrons. The van der Waals surface area contributed by atoms with Crippen LogP contribution in [0.1, 0.15) is 27.7 Å². The summed E-state index contributed by atoms with van der Waals surface area (Å²) in [5.74, 6) is -2.04. The zero-order valence-corrected chi connectivity index (χ0v) is 13.0. The third-order valence-corrected chi connectivity index (χ3v) is 2.43. The minimum absolute atomic E-state index is 0.150. The van der Waals surface area contributed by atoms with Crippen LogP contribution in [0.3, 0.4) is 0 Å². The van der Waals surface area contributed by atoms with Crippen LogP contribution in [0.4, 0.5) is 0 Å². The van der Waals surface area contributed by atoms with E-state index in [9.17, 15) is 14.4 Å². The molecule has 0 aromatic rings. The highest BCUT2D eigenvalue weighted by Gasteiger charge is 2.31. The highest BCUT2D eigenvalue weighted by molar-refractivity contribution is 5.68. The maximum absolute atomic E-state index is 11.2. The predicted molar refractivity (Wildman–Crippen MR) is 73.4 cm³/mol. The molecule has 7 heteroatoms. The summed E-state index contributed by atoms with van der Waals surface area (Å²) in [6.07, 6.45) is 1.37. The summed E-state index contributed by atoms with van der Waals surface area (Å²) in [6, 6.07) is 0. The van der Waals surface area contributed by atoms with Crippen LogP contribution in [0, 0.1) is 0 Å². The van der Waals surface area contributed by atoms with E-state index in [1.165, 1.54) is 33.1 Å². The largest absolute Gasteiger partial charge is 0.463 e. The lowest BCUT2D eigenvalue weighted by Gasteiger charge is -2.32. The summed E-state index contributed by atoms with van der Waals surface area (Å²) in [5.41, 5.74) is 0. The number of carbonyl (C=O) groups is 3. The fourth-order valence-electron chi connectivity index (χ4n) is 1.39. The summed E-state index contributed by atoms with van der Waals surface area (Å²) in [6.45, 7) is 5.64. The molecule has 0 N–H and O–H groups in total. The van der Waals surface area contributed by atoms with Crippen molar-refractivity contribution in [3.8, 4) is 0 Å². The molecule has 0 aliphatic rings. The zero-order chi connectivity index (χ0) is 16.5. The Bertz CT molecular complexity index is 387. The van der Waals surface area contributed by atoms with Crippen molar-refractivity contribution in [1.29, 1.82) is 0 Å². The molecule has 0 fully saturated rings. The van der Waals surface area contributed by atoms with Crippen molar-refractivity contribution in [3.63, 3.8) is 0 Å². The van der Waals surface area contributed by atoms with Crippen LogP contribution in [-0.2, 0) is 33.3 Å². The van der Waals surface area contributed by atoms with Gasteiger partial charge in [-0.15, -0.1) is 0 Å². The van der Waals surface area contributed by atoms with Crippen molar-refractivity contribution in [2.24, 2.45) is 0 Å². The van der Waals surface area contributed by atoms with Gasteiger partial charge in [0.2, 0.25) is 0 Å². The van der Waals surface area contributed by atoms with Gasteiger partial charge in [-0.1, -0.05) is 0 Å². The summed E-state index contributed by atoms with van der Waals surface area (Å²) in [5, 5.41) is 0. The van der Waals surface area contributed by atoms with Gasteiger partial charge in [-0.3, -0.25) is 14.4 Å². The Balaban J connectivity index is 5.14. The number of aldehydes is 1. The van der Waals surface area contributed by atoms with Gasteiger partial charge in [0.1, 0.15) is 25.1 Å². The highest BCUT2D eigenvalue weighted by atomic mass is 16.7. The number of hydrogen-bond acceptors (Lipinski definition) is 7. The molecule has 0 saturated carbocycles. The number of methoxy groups -OCH3 is 1. The summed E-state index contributed by atoms with van der Waals surface area (Å²) in [4.78, 5) is 32.6. The number of ether oxygens (including phenoxy) is 4. The van der Waals surface area contributed by atoms with Crippen molar-refractivity contribution >= 4 is 18.2 Å². The number of rotatable bonds is 9. The molecular weight excluding hydrogens is 280 g/mol. The van der Waals surface area contributed by atoms with Crippen molar-refractivity contribution in [2.75, 3.05) is 13.7 Å². The molecule has 0 aromatic carbocycles. The second-order valence-corrected chi connectivity index (χ2v) is 4.66. The Morgan fingerprint density at radius 3 is 2.24 bits per heavy atom.